The zero-order valence-electron chi connectivity index (χ0n) is 10.7. The summed E-state index contributed by atoms with van der Waals surface area (Å²) < 4.78 is 0. The van der Waals surface area contributed by atoms with Crippen molar-refractivity contribution in [2.45, 2.75) is 19.9 Å². The van der Waals surface area contributed by atoms with Gasteiger partial charge in [-0.05, 0) is 32.0 Å². The lowest BCUT2D eigenvalue weighted by Crippen LogP contribution is -2.09. The quantitative estimate of drug-likeness (QED) is 0.673. The van der Waals surface area contributed by atoms with E-state index in [1.165, 1.54) is 6.20 Å². The maximum Gasteiger partial charge on any atom is 0.290 e. The molecule has 0 amide bonds. The van der Waals surface area contributed by atoms with E-state index in [9.17, 15) is 10.1 Å². The Morgan fingerprint density at radius 2 is 2.16 bits per heavy atom. The Morgan fingerprint density at radius 1 is 1.37 bits per heavy atom. The van der Waals surface area contributed by atoms with Gasteiger partial charge in [-0.25, -0.2) is 4.98 Å². The van der Waals surface area contributed by atoms with Crippen LogP contribution in [0.4, 0.5) is 11.5 Å². The van der Waals surface area contributed by atoms with Crippen LogP contribution in [0, 0.1) is 17.0 Å². The second kappa shape index (κ2) is 5.43. The van der Waals surface area contributed by atoms with E-state index in [2.05, 4.69) is 15.3 Å². The first-order valence-electron chi connectivity index (χ1n) is 5.86. The minimum atomic E-state index is -0.436. The summed E-state index contributed by atoms with van der Waals surface area (Å²) in [6.07, 6.45) is 2.99. The lowest BCUT2D eigenvalue weighted by Gasteiger charge is -2.14. The van der Waals surface area contributed by atoms with Gasteiger partial charge in [-0.1, -0.05) is 6.07 Å². The van der Waals surface area contributed by atoms with Crippen LogP contribution in [0.25, 0.3) is 0 Å². The first kappa shape index (κ1) is 12.9. The summed E-state index contributed by atoms with van der Waals surface area (Å²) in [6.45, 7) is 3.65. The molecule has 1 N–H and O–H groups in total. The highest BCUT2D eigenvalue weighted by Gasteiger charge is 2.13. The number of hydrogen-bond acceptors (Lipinski definition) is 5. The average molecular weight is 258 g/mol. The molecule has 0 aliphatic carbocycles. The molecule has 0 aromatic carbocycles. The summed E-state index contributed by atoms with van der Waals surface area (Å²) in [5.41, 5.74) is 1.49. The van der Waals surface area contributed by atoms with Crippen LogP contribution in [0.15, 0.2) is 36.7 Å². The predicted molar refractivity (Wildman–Crippen MR) is 71.9 cm³/mol. The van der Waals surface area contributed by atoms with Gasteiger partial charge in [-0.2, -0.15) is 0 Å². The van der Waals surface area contributed by atoms with Gasteiger partial charge >= 0.3 is 0 Å². The smallest absolute Gasteiger partial charge is 0.290 e. The van der Waals surface area contributed by atoms with Gasteiger partial charge in [-0.15, -0.1) is 0 Å². The molecule has 0 aliphatic rings. The minimum absolute atomic E-state index is 0.0189. The first-order chi connectivity index (χ1) is 9.08. The maximum absolute atomic E-state index is 10.7. The van der Waals surface area contributed by atoms with E-state index in [4.69, 9.17) is 0 Å². The van der Waals surface area contributed by atoms with Gasteiger partial charge in [0.1, 0.15) is 12.0 Å². The molecule has 2 rings (SSSR count). The van der Waals surface area contributed by atoms with E-state index < -0.39 is 4.92 Å². The number of hydrogen-bond donors (Lipinski definition) is 1. The van der Waals surface area contributed by atoms with Crippen LogP contribution in [0.1, 0.15) is 24.2 Å². The zero-order chi connectivity index (χ0) is 13.8. The van der Waals surface area contributed by atoms with Crippen LogP contribution in [0.5, 0.6) is 0 Å². The molecular formula is C13H14N4O2. The molecule has 1 unspecified atom stereocenters. The highest BCUT2D eigenvalue weighted by atomic mass is 16.6. The Bertz CT molecular complexity index is 586. The maximum atomic E-state index is 10.7. The molecule has 0 radical (unpaired) electrons. The van der Waals surface area contributed by atoms with Crippen LogP contribution in [0.3, 0.4) is 0 Å². The van der Waals surface area contributed by atoms with Crippen molar-refractivity contribution in [3.8, 4) is 0 Å². The van der Waals surface area contributed by atoms with Crippen molar-refractivity contribution in [1.29, 1.82) is 0 Å². The number of aromatic nitrogens is 2. The normalized spacial score (nSPS) is 11.9. The average Bonchev–Trinajstić information content (AvgIpc) is 2.39. The topological polar surface area (TPSA) is 81.0 Å². The second-order valence-corrected chi connectivity index (χ2v) is 4.23. The van der Waals surface area contributed by atoms with E-state index in [-0.39, 0.29) is 11.7 Å². The van der Waals surface area contributed by atoms with Crippen molar-refractivity contribution < 1.29 is 4.92 Å². The Kier molecular flexibility index (Phi) is 3.70. The van der Waals surface area contributed by atoms with Gasteiger partial charge in [0, 0.05) is 11.8 Å². The van der Waals surface area contributed by atoms with Crippen molar-refractivity contribution >= 4 is 11.5 Å². The van der Waals surface area contributed by atoms with E-state index in [1.807, 2.05) is 25.1 Å². The van der Waals surface area contributed by atoms with E-state index >= 15 is 0 Å². The number of aryl methyl sites for hydroxylation is 1. The molecule has 98 valence electrons. The molecular weight excluding hydrogens is 244 g/mol. The van der Waals surface area contributed by atoms with Crippen molar-refractivity contribution in [2.24, 2.45) is 0 Å². The molecule has 0 aliphatic heterocycles. The number of nitrogens with one attached hydrogen (secondary N) is 1. The number of nitrogens with zero attached hydrogens (tertiary/aromatic N) is 3. The predicted octanol–water partition coefficient (Wildman–Crippen LogP) is 2.87. The highest BCUT2D eigenvalue weighted by molar-refractivity contribution is 5.47. The monoisotopic (exact) mass is 258 g/mol. The van der Waals surface area contributed by atoms with Gasteiger partial charge in [-0.3, -0.25) is 15.1 Å². The van der Waals surface area contributed by atoms with Gasteiger partial charge in [0.05, 0.1) is 16.7 Å². The Balaban J connectivity index is 2.16. The Labute approximate surface area is 110 Å². The van der Waals surface area contributed by atoms with Crippen molar-refractivity contribution in [2.75, 3.05) is 5.32 Å². The molecule has 19 heavy (non-hydrogen) atoms. The highest BCUT2D eigenvalue weighted by Crippen LogP contribution is 2.21. The van der Waals surface area contributed by atoms with E-state index in [1.54, 1.807) is 19.2 Å². The summed E-state index contributed by atoms with van der Waals surface area (Å²) in [7, 11) is 0. The van der Waals surface area contributed by atoms with Crippen molar-refractivity contribution in [3.05, 3.63) is 58.0 Å². The third kappa shape index (κ3) is 3.04. The van der Waals surface area contributed by atoms with Crippen molar-refractivity contribution in [3.63, 3.8) is 0 Å². The number of rotatable bonds is 4. The Hall–Kier alpha value is -2.50. The van der Waals surface area contributed by atoms with E-state index in [0.717, 1.165) is 5.69 Å². The van der Waals surface area contributed by atoms with Crippen LogP contribution in [-0.4, -0.2) is 14.9 Å². The van der Waals surface area contributed by atoms with Crippen LogP contribution < -0.4 is 5.32 Å². The van der Waals surface area contributed by atoms with Gasteiger partial charge < -0.3 is 5.32 Å². The molecule has 2 heterocycles. The Morgan fingerprint density at radius 3 is 2.74 bits per heavy atom. The minimum Gasteiger partial charge on any atom is -0.362 e. The number of nitro groups is 1. The molecule has 0 saturated carbocycles. The fraction of sp³-hybridized carbons (Fsp3) is 0.231. The number of pyridine rings is 2. The largest absolute Gasteiger partial charge is 0.362 e. The molecule has 6 nitrogen and oxygen atoms in total. The number of anilines is 1. The van der Waals surface area contributed by atoms with Gasteiger partial charge in [0.15, 0.2) is 0 Å². The molecule has 0 fully saturated rings. The summed E-state index contributed by atoms with van der Waals surface area (Å²) in [4.78, 5) is 18.6. The summed E-state index contributed by atoms with van der Waals surface area (Å²) in [5.74, 6) is 0.598. The molecule has 0 saturated heterocycles. The van der Waals surface area contributed by atoms with Crippen LogP contribution in [0.2, 0.25) is 0 Å². The van der Waals surface area contributed by atoms with Gasteiger partial charge in [0.25, 0.3) is 5.69 Å². The molecule has 6 heteroatoms. The van der Waals surface area contributed by atoms with E-state index in [0.29, 0.717) is 11.4 Å². The fourth-order valence-electron chi connectivity index (χ4n) is 1.75. The molecule has 2 aromatic rings. The first-order valence-corrected chi connectivity index (χ1v) is 5.86. The third-order valence-corrected chi connectivity index (χ3v) is 2.78. The lowest BCUT2D eigenvalue weighted by atomic mass is 10.2. The molecule has 0 bridgehead atoms. The molecule has 0 spiro atoms. The summed E-state index contributed by atoms with van der Waals surface area (Å²) >= 11 is 0. The van der Waals surface area contributed by atoms with Crippen LogP contribution in [-0.2, 0) is 0 Å². The SMILES string of the molecule is Cc1cc(NC(C)c2ccccn2)ncc1[N+](=O)[O-]. The fourth-order valence-corrected chi connectivity index (χ4v) is 1.75. The second-order valence-electron chi connectivity index (χ2n) is 4.23. The molecule has 2 aromatic heterocycles. The summed E-state index contributed by atoms with van der Waals surface area (Å²) in [6, 6.07) is 7.32. The zero-order valence-corrected chi connectivity index (χ0v) is 10.7. The lowest BCUT2D eigenvalue weighted by molar-refractivity contribution is -0.385. The van der Waals surface area contributed by atoms with Crippen LogP contribution >= 0.6 is 0 Å². The standard InChI is InChI=1S/C13H14N4O2/c1-9-7-13(15-8-12(9)17(18)19)16-10(2)11-5-3-4-6-14-11/h3-8,10H,1-2H3,(H,15,16). The van der Waals surface area contributed by atoms with Gasteiger partial charge in [0.2, 0.25) is 0 Å². The van der Waals surface area contributed by atoms with Crippen molar-refractivity contribution in [1.82, 2.24) is 9.97 Å². The third-order valence-electron chi connectivity index (χ3n) is 2.78. The summed E-state index contributed by atoms with van der Waals surface area (Å²) in [5, 5.41) is 13.9. The molecule has 1 atom stereocenters.